The van der Waals surface area contributed by atoms with Crippen molar-refractivity contribution in [3.63, 3.8) is 0 Å². The molecule has 0 radical (unpaired) electrons. The minimum absolute atomic E-state index is 0.167. The van der Waals surface area contributed by atoms with Gasteiger partial charge in [-0.3, -0.25) is 4.98 Å². The van der Waals surface area contributed by atoms with E-state index in [1.807, 2.05) is 13.1 Å². The molecule has 0 aliphatic carbocycles. The molecular formula is C17H32N2O. The molecule has 0 bridgehead atoms. The molecule has 3 heteroatoms. The second kappa shape index (κ2) is 11.7. The Morgan fingerprint density at radius 3 is 2.05 bits per heavy atom. The molecule has 0 unspecified atom stereocenters. The molecule has 3 nitrogen and oxygen atoms in total. The Morgan fingerprint density at radius 2 is 1.65 bits per heavy atom. The lowest BCUT2D eigenvalue weighted by molar-refractivity contribution is 0.216. The first kappa shape index (κ1) is 18.9. The standard InChI is InChI=1S/C11H16N2.C3H8O.C3H8/c1-10-5-6-11(9-12-10)13-7-3-2-4-8-13;1-3(2)4;1-3-2/h5-6,9H,2-4,7-8H2,1H3;3-4H,1-2H3;3H2,1-2H3. The number of rotatable bonds is 1. The first-order valence-corrected chi connectivity index (χ1v) is 7.86. The van der Waals surface area contributed by atoms with Crippen LogP contribution < -0.4 is 4.90 Å². The number of hydrogen-bond donors (Lipinski definition) is 1. The number of aliphatic hydroxyl groups excluding tert-OH is 1. The van der Waals surface area contributed by atoms with Crippen LogP contribution in [0.15, 0.2) is 18.3 Å². The molecule has 2 heterocycles. The maximum atomic E-state index is 8.06. The van der Waals surface area contributed by atoms with Crippen molar-refractivity contribution in [1.29, 1.82) is 0 Å². The van der Waals surface area contributed by atoms with E-state index in [1.165, 1.54) is 44.5 Å². The number of hydrogen-bond acceptors (Lipinski definition) is 3. The number of pyridine rings is 1. The van der Waals surface area contributed by atoms with Crippen LogP contribution in [0, 0.1) is 6.92 Å². The van der Waals surface area contributed by atoms with Crippen LogP contribution in [0.5, 0.6) is 0 Å². The van der Waals surface area contributed by atoms with Gasteiger partial charge in [-0.25, -0.2) is 0 Å². The van der Waals surface area contributed by atoms with Crippen molar-refractivity contribution in [2.45, 2.75) is 66.4 Å². The average molecular weight is 280 g/mol. The third-order valence-electron chi connectivity index (χ3n) is 2.62. The summed E-state index contributed by atoms with van der Waals surface area (Å²) in [5.74, 6) is 0. The zero-order valence-electron chi connectivity index (χ0n) is 13.9. The highest BCUT2D eigenvalue weighted by atomic mass is 16.3. The van der Waals surface area contributed by atoms with E-state index in [-0.39, 0.29) is 6.10 Å². The molecule has 0 aromatic carbocycles. The maximum Gasteiger partial charge on any atom is 0.0552 e. The van der Waals surface area contributed by atoms with E-state index >= 15 is 0 Å². The Morgan fingerprint density at radius 1 is 1.15 bits per heavy atom. The van der Waals surface area contributed by atoms with Crippen LogP contribution >= 0.6 is 0 Å². The third-order valence-corrected chi connectivity index (χ3v) is 2.62. The van der Waals surface area contributed by atoms with Crippen molar-refractivity contribution in [3.8, 4) is 0 Å². The Balaban J connectivity index is 0.000000438. The van der Waals surface area contributed by atoms with Crippen LogP contribution in [0.25, 0.3) is 0 Å². The van der Waals surface area contributed by atoms with Gasteiger partial charge in [0.25, 0.3) is 0 Å². The fourth-order valence-corrected chi connectivity index (χ4v) is 1.80. The predicted molar refractivity (Wildman–Crippen MR) is 88.4 cm³/mol. The van der Waals surface area contributed by atoms with E-state index in [0.717, 1.165) is 5.69 Å². The molecule has 0 amide bonds. The highest BCUT2D eigenvalue weighted by Gasteiger charge is 2.10. The number of piperidine rings is 1. The Bertz CT molecular complexity index is 314. The van der Waals surface area contributed by atoms with E-state index in [2.05, 4.69) is 35.9 Å². The number of aliphatic hydroxyl groups is 1. The minimum atomic E-state index is -0.167. The summed E-state index contributed by atoms with van der Waals surface area (Å²) in [5.41, 5.74) is 2.38. The molecule has 20 heavy (non-hydrogen) atoms. The number of nitrogens with zero attached hydrogens (tertiary/aromatic N) is 2. The SMILES string of the molecule is CC(C)O.CCC.Cc1ccc(N2CCCCC2)cn1. The molecule has 1 aliphatic heterocycles. The van der Waals surface area contributed by atoms with Gasteiger partial charge in [0.15, 0.2) is 0 Å². The lowest BCUT2D eigenvalue weighted by atomic mass is 10.1. The summed E-state index contributed by atoms with van der Waals surface area (Å²) in [5, 5.41) is 8.06. The molecule has 0 spiro atoms. The van der Waals surface area contributed by atoms with Crippen molar-refractivity contribution >= 4 is 5.69 Å². The van der Waals surface area contributed by atoms with Crippen LogP contribution in [0.1, 0.15) is 59.1 Å². The predicted octanol–water partition coefficient (Wildman–Crippen LogP) is 4.18. The summed E-state index contributed by atoms with van der Waals surface area (Å²) in [7, 11) is 0. The van der Waals surface area contributed by atoms with Crippen LogP contribution in [0.4, 0.5) is 5.69 Å². The maximum absolute atomic E-state index is 8.06. The van der Waals surface area contributed by atoms with Gasteiger partial charge in [-0.2, -0.15) is 0 Å². The molecule has 1 N–H and O–H groups in total. The van der Waals surface area contributed by atoms with Gasteiger partial charge in [-0.05, 0) is 52.2 Å². The second-order valence-corrected chi connectivity index (χ2v) is 5.51. The van der Waals surface area contributed by atoms with Crippen LogP contribution in [0.3, 0.4) is 0 Å². The van der Waals surface area contributed by atoms with Crippen molar-refractivity contribution < 1.29 is 5.11 Å². The molecule has 1 aliphatic rings. The molecule has 2 rings (SSSR count). The van der Waals surface area contributed by atoms with Gasteiger partial charge in [-0.1, -0.05) is 20.3 Å². The Hall–Kier alpha value is -1.09. The normalized spacial score (nSPS) is 14.1. The first-order valence-electron chi connectivity index (χ1n) is 7.86. The number of anilines is 1. The summed E-state index contributed by atoms with van der Waals surface area (Å²) >= 11 is 0. The lowest BCUT2D eigenvalue weighted by Gasteiger charge is -2.28. The number of aromatic nitrogens is 1. The molecule has 0 atom stereocenters. The molecule has 0 saturated carbocycles. The van der Waals surface area contributed by atoms with Gasteiger partial charge in [0.2, 0.25) is 0 Å². The fourth-order valence-electron chi connectivity index (χ4n) is 1.80. The highest BCUT2D eigenvalue weighted by molar-refractivity contribution is 5.44. The molecule has 1 fully saturated rings. The van der Waals surface area contributed by atoms with Crippen molar-refractivity contribution in [3.05, 3.63) is 24.0 Å². The lowest BCUT2D eigenvalue weighted by Crippen LogP contribution is -2.29. The summed E-state index contributed by atoms with van der Waals surface area (Å²) in [4.78, 5) is 6.74. The van der Waals surface area contributed by atoms with Gasteiger partial charge in [-0.15, -0.1) is 0 Å². The van der Waals surface area contributed by atoms with Gasteiger partial charge in [0.05, 0.1) is 11.9 Å². The van der Waals surface area contributed by atoms with Crippen molar-refractivity contribution in [1.82, 2.24) is 4.98 Å². The molecule has 116 valence electrons. The highest BCUT2D eigenvalue weighted by Crippen LogP contribution is 2.18. The first-order chi connectivity index (χ1) is 9.51. The fraction of sp³-hybridized carbons (Fsp3) is 0.706. The smallest absolute Gasteiger partial charge is 0.0552 e. The van der Waals surface area contributed by atoms with Crippen molar-refractivity contribution in [2.24, 2.45) is 0 Å². The van der Waals surface area contributed by atoms with Crippen LogP contribution in [-0.4, -0.2) is 29.3 Å². The summed E-state index contributed by atoms with van der Waals surface area (Å²) < 4.78 is 0. The van der Waals surface area contributed by atoms with E-state index in [9.17, 15) is 0 Å². The average Bonchev–Trinajstić information content (AvgIpc) is 2.41. The quantitative estimate of drug-likeness (QED) is 0.838. The third kappa shape index (κ3) is 9.79. The summed E-state index contributed by atoms with van der Waals surface area (Å²) in [6, 6.07) is 4.26. The Labute approximate surface area is 125 Å². The minimum Gasteiger partial charge on any atom is -0.394 e. The van der Waals surface area contributed by atoms with E-state index < -0.39 is 0 Å². The molecular weight excluding hydrogens is 248 g/mol. The van der Waals surface area contributed by atoms with E-state index in [4.69, 9.17) is 5.11 Å². The summed E-state index contributed by atoms with van der Waals surface area (Å²) in [6.45, 7) is 12.1. The van der Waals surface area contributed by atoms with Gasteiger partial charge in [0, 0.05) is 24.9 Å². The topological polar surface area (TPSA) is 36.4 Å². The van der Waals surface area contributed by atoms with Gasteiger partial charge in [0.1, 0.15) is 0 Å². The zero-order chi connectivity index (χ0) is 15.4. The van der Waals surface area contributed by atoms with Gasteiger partial charge >= 0.3 is 0 Å². The van der Waals surface area contributed by atoms with E-state index in [1.54, 1.807) is 13.8 Å². The van der Waals surface area contributed by atoms with Crippen LogP contribution in [-0.2, 0) is 0 Å². The zero-order valence-corrected chi connectivity index (χ0v) is 13.9. The molecule has 1 aromatic heterocycles. The van der Waals surface area contributed by atoms with Crippen molar-refractivity contribution in [2.75, 3.05) is 18.0 Å². The van der Waals surface area contributed by atoms with Gasteiger partial charge < -0.3 is 10.0 Å². The largest absolute Gasteiger partial charge is 0.394 e. The van der Waals surface area contributed by atoms with Crippen LogP contribution in [0.2, 0.25) is 0 Å². The monoisotopic (exact) mass is 280 g/mol. The number of aryl methyl sites for hydroxylation is 1. The summed E-state index contributed by atoms with van der Waals surface area (Å²) in [6.07, 6.45) is 7.11. The molecule has 1 aromatic rings. The second-order valence-electron chi connectivity index (χ2n) is 5.51. The molecule has 1 saturated heterocycles. The Kier molecular flexibility index (Phi) is 11.1. The van der Waals surface area contributed by atoms with E-state index in [0.29, 0.717) is 0 Å².